The molecular weight excluding hydrogens is 769 g/mol. The van der Waals surface area contributed by atoms with E-state index in [1.165, 1.54) is 22.5 Å². The number of phenols is 1. The highest BCUT2D eigenvalue weighted by Gasteiger charge is 2.41. The maximum Gasteiger partial charge on any atom is 0.249 e. The number of aromatic nitrogens is 2. The van der Waals surface area contributed by atoms with Crippen LogP contribution in [0.5, 0.6) is 5.75 Å². The Bertz CT molecular complexity index is 2290. The SMILES string of the molecule is Nc1nnc(-c2ccccc2O)cc1N1C[C@H]2CC[C@@H](C1)N2c1cccc(CC2CCN(C(=O)CN3CCN(c4cccc5c4CCN5[C@@H]4CCC(=O)NC4=O)CC3)CC2)c1. The molecule has 0 spiro atoms. The molecule has 4 N–H and O–H groups in total. The van der Waals surface area contributed by atoms with Gasteiger partial charge >= 0.3 is 0 Å². The molecule has 4 aromatic rings. The molecule has 0 unspecified atom stereocenters. The van der Waals surface area contributed by atoms with Gasteiger partial charge in [-0.1, -0.05) is 30.3 Å². The van der Waals surface area contributed by atoms with Crippen LogP contribution in [0, 0.1) is 5.92 Å². The van der Waals surface area contributed by atoms with Crippen LogP contribution in [0.25, 0.3) is 11.3 Å². The van der Waals surface area contributed by atoms with Crippen molar-refractivity contribution in [1.29, 1.82) is 0 Å². The van der Waals surface area contributed by atoms with Gasteiger partial charge in [-0.15, -0.1) is 10.2 Å². The van der Waals surface area contributed by atoms with E-state index in [9.17, 15) is 19.5 Å². The van der Waals surface area contributed by atoms with Crippen molar-refractivity contribution in [2.75, 3.05) is 90.8 Å². The van der Waals surface area contributed by atoms with Gasteiger partial charge in [0.2, 0.25) is 17.7 Å². The standard InChI is InChI=1S/C47H56N10O4/c48-46-42(27-38(50-51-46)36-7-1-2-10-43(36)58)55-28-34-11-12-35(29-55)57(34)33-6-3-5-32(26-33)25-31-15-18-54(19-16-31)45(60)30-52-21-23-53(24-22-52)39-8-4-9-40-37(39)17-20-56(40)41-13-14-44(59)49-47(41)61/h1-10,26-27,31,34-35,41,58H,11-25,28-30H2,(H2,48,51)(H,49,59,61)/t34-,35+,41-/m1/s1. The fraction of sp³-hybridized carbons (Fsp3) is 0.468. The lowest BCUT2D eigenvalue weighted by Crippen LogP contribution is -2.54. The topological polar surface area (TPSA) is 155 Å². The minimum atomic E-state index is -0.297. The summed E-state index contributed by atoms with van der Waals surface area (Å²) >= 11 is 0. The summed E-state index contributed by atoms with van der Waals surface area (Å²) in [4.78, 5) is 51.9. The average molecular weight is 825 g/mol. The first-order chi connectivity index (χ1) is 29.8. The van der Waals surface area contributed by atoms with Crippen LogP contribution in [0.2, 0.25) is 0 Å². The molecule has 61 heavy (non-hydrogen) atoms. The zero-order valence-corrected chi connectivity index (χ0v) is 34.8. The van der Waals surface area contributed by atoms with Crippen molar-refractivity contribution in [3.8, 4) is 17.0 Å². The zero-order valence-electron chi connectivity index (χ0n) is 34.8. The number of aromatic hydroxyl groups is 1. The van der Waals surface area contributed by atoms with E-state index in [1.54, 1.807) is 12.1 Å². The third-order valence-electron chi connectivity index (χ3n) is 14.2. The summed E-state index contributed by atoms with van der Waals surface area (Å²) in [6.45, 7) is 7.97. The number of likely N-dealkylation sites (tertiary alicyclic amines) is 1. The maximum absolute atomic E-state index is 13.6. The van der Waals surface area contributed by atoms with Gasteiger partial charge in [-0.3, -0.25) is 24.6 Å². The third-order valence-corrected chi connectivity index (χ3v) is 14.2. The largest absolute Gasteiger partial charge is 0.507 e. The number of nitrogen functional groups attached to an aromatic ring is 1. The van der Waals surface area contributed by atoms with E-state index in [0.29, 0.717) is 54.5 Å². The smallest absolute Gasteiger partial charge is 0.249 e. The molecule has 6 aliphatic rings. The van der Waals surface area contributed by atoms with Crippen molar-refractivity contribution in [3.05, 3.63) is 83.9 Å². The molecule has 5 saturated heterocycles. The molecule has 14 nitrogen and oxygen atoms in total. The Hall–Kier alpha value is -5.89. The molecule has 3 amide bonds. The fourth-order valence-electron chi connectivity index (χ4n) is 11.0. The Labute approximate surface area is 357 Å². The number of para-hydroxylation sites is 1. The first kappa shape index (κ1) is 39.3. The number of rotatable bonds is 9. The molecule has 6 aliphatic heterocycles. The number of anilines is 5. The second-order valence-corrected chi connectivity index (χ2v) is 17.9. The van der Waals surface area contributed by atoms with Crippen molar-refractivity contribution in [3.63, 3.8) is 0 Å². The Morgan fingerprint density at radius 2 is 1.51 bits per heavy atom. The van der Waals surface area contributed by atoms with Gasteiger partial charge in [0.05, 0.1) is 17.9 Å². The van der Waals surface area contributed by atoms with Crippen LogP contribution in [-0.4, -0.2) is 126 Å². The molecule has 0 aliphatic carbocycles. The highest BCUT2D eigenvalue weighted by molar-refractivity contribution is 6.02. The number of carbonyl (C=O) groups excluding carboxylic acids is 3. The predicted molar refractivity (Wildman–Crippen MR) is 237 cm³/mol. The molecule has 0 saturated carbocycles. The highest BCUT2D eigenvalue weighted by Crippen LogP contribution is 2.41. The number of nitrogens with zero attached hydrogens (tertiary/aromatic N) is 8. The van der Waals surface area contributed by atoms with Gasteiger partial charge in [0, 0.05) is 106 Å². The number of piperidine rings is 2. The molecule has 0 radical (unpaired) electrons. The summed E-state index contributed by atoms with van der Waals surface area (Å²) in [6.07, 6.45) is 7.14. The van der Waals surface area contributed by atoms with Crippen molar-refractivity contribution in [2.24, 2.45) is 5.92 Å². The quantitative estimate of drug-likeness (QED) is 0.209. The van der Waals surface area contributed by atoms with E-state index in [2.05, 4.69) is 87.4 Å². The second-order valence-electron chi connectivity index (χ2n) is 17.9. The predicted octanol–water partition coefficient (Wildman–Crippen LogP) is 4.06. The zero-order chi connectivity index (χ0) is 41.6. The average Bonchev–Trinajstić information content (AvgIpc) is 3.82. The molecule has 1 aromatic heterocycles. The first-order valence-corrected chi connectivity index (χ1v) is 22.3. The Morgan fingerprint density at radius 1 is 0.754 bits per heavy atom. The summed E-state index contributed by atoms with van der Waals surface area (Å²) in [5.74, 6) is 1.01. The number of amides is 3. The summed E-state index contributed by atoms with van der Waals surface area (Å²) < 4.78 is 0. The van der Waals surface area contributed by atoms with Crippen LogP contribution < -0.4 is 30.7 Å². The highest BCUT2D eigenvalue weighted by atomic mass is 16.3. The number of fused-ring (bicyclic) bond motifs is 3. The Balaban J connectivity index is 0.699. The minimum Gasteiger partial charge on any atom is -0.507 e. The molecule has 2 bridgehead atoms. The first-order valence-electron chi connectivity index (χ1n) is 22.3. The Kier molecular flexibility index (Phi) is 10.6. The van der Waals surface area contributed by atoms with Crippen molar-refractivity contribution in [1.82, 2.24) is 25.3 Å². The van der Waals surface area contributed by atoms with Crippen molar-refractivity contribution in [2.45, 2.75) is 69.5 Å². The van der Waals surface area contributed by atoms with E-state index < -0.39 is 0 Å². The number of hydrogen-bond donors (Lipinski definition) is 3. The van der Waals surface area contributed by atoms with Gasteiger partial charge in [-0.2, -0.15) is 0 Å². The number of nitrogens with one attached hydrogen (secondary N) is 1. The minimum absolute atomic E-state index is 0.175. The molecule has 14 heteroatoms. The summed E-state index contributed by atoms with van der Waals surface area (Å²) in [5, 5.41) is 21.5. The number of piperazine rings is 2. The van der Waals surface area contributed by atoms with Gasteiger partial charge in [0.1, 0.15) is 11.8 Å². The van der Waals surface area contributed by atoms with Crippen molar-refractivity contribution < 1.29 is 19.5 Å². The number of nitrogens with two attached hydrogens (primary N) is 1. The number of carbonyl (C=O) groups is 3. The molecule has 5 fully saturated rings. The van der Waals surface area contributed by atoms with Gasteiger partial charge in [0.25, 0.3) is 0 Å². The van der Waals surface area contributed by atoms with E-state index in [1.807, 2.05) is 18.2 Å². The van der Waals surface area contributed by atoms with Crippen LogP contribution in [0.4, 0.5) is 28.6 Å². The van der Waals surface area contributed by atoms with Crippen LogP contribution in [0.1, 0.15) is 49.7 Å². The summed E-state index contributed by atoms with van der Waals surface area (Å²) in [7, 11) is 0. The molecule has 3 aromatic carbocycles. The summed E-state index contributed by atoms with van der Waals surface area (Å²) in [5.41, 5.74) is 14.8. The van der Waals surface area contributed by atoms with Gasteiger partial charge in [-0.05, 0) is 98.9 Å². The number of benzene rings is 3. The van der Waals surface area contributed by atoms with Crippen LogP contribution >= 0.6 is 0 Å². The monoisotopic (exact) mass is 824 g/mol. The molecule has 7 heterocycles. The number of imide groups is 1. The van der Waals surface area contributed by atoms with E-state index in [0.717, 1.165) is 109 Å². The van der Waals surface area contributed by atoms with E-state index >= 15 is 0 Å². The van der Waals surface area contributed by atoms with Crippen molar-refractivity contribution >= 4 is 46.3 Å². The summed E-state index contributed by atoms with van der Waals surface area (Å²) in [6, 6.07) is 25.1. The van der Waals surface area contributed by atoms with Crippen LogP contribution in [-0.2, 0) is 27.2 Å². The number of hydrogen-bond acceptors (Lipinski definition) is 12. The van der Waals surface area contributed by atoms with Crippen LogP contribution in [0.15, 0.2) is 72.8 Å². The lowest BCUT2D eigenvalue weighted by Gasteiger charge is -2.43. The lowest BCUT2D eigenvalue weighted by atomic mass is 9.90. The molecular formula is C47H56N10O4. The van der Waals surface area contributed by atoms with Gasteiger partial charge in [-0.25, -0.2) is 0 Å². The lowest BCUT2D eigenvalue weighted by molar-refractivity contribution is -0.135. The number of phenolic OH excluding ortho intramolecular Hbond substituents is 1. The van der Waals surface area contributed by atoms with E-state index in [-0.39, 0.29) is 29.5 Å². The van der Waals surface area contributed by atoms with Gasteiger partial charge < -0.3 is 35.3 Å². The maximum atomic E-state index is 13.6. The van der Waals surface area contributed by atoms with Crippen LogP contribution in [0.3, 0.4) is 0 Å². The second kappa shape index (κ2) is 16.5. The van der Waals surface area contributed by atoms with E-state index in [4.69, 9.17) is 5.73 Å². The molecule has 318 valence electrons. The normalized spacial score (nSPS) is 23.4. The third kappa shape index (κ3) is 7.82. The fourth-order valence-corrected chi connectivity index (χ4v) is 11.0. The Morgan fingerprint density at radius 3 is 2.28 bits per heavy atom. The molecule has 10 rings (SSSR count). The van der Waals surface area contributed by atoms with Gasteiger partial charge in [0.15, 0.2) is 5.82 Å². The molecule has 3 atom stereocenters.